The van der Waals surface area contributed by atoms with Gasteiger partial charge in [0.2, 0.25) is 0 Å². The smallest absolute Gasteiger partial charge is 0.410 e. The predicted molar refractivity (Wildman–Crippen MR) is 200 cm³/mol. The maximum absolute atomic E-state index is 16.6. The largest absolute Gasteiger partial charge is 0.468 e. The summed E-state index contributed by atoms with van der Waals surface area (Å²) in [6.45, 7) is 10.7. The van der Waals surface area contributed by atoms with Crippen molar-refractivity contribution in [1.82, 2.24) is 24.8 Å². The summed E-state index contributed by atoms with van der Waals surface area (Å²) in [6.07, 6.45) is 8.14. The van der Waals surface area contributed by atoms with Crippen LogP contribution in [-0.2, 0) is 20.6 Å². The number of rotatable bonds is 14. The molecule has 3 aliphatic rings. The number of aromatic amines is 1. The Labute approximate surface area is 315 Å². The van der Waals surface area contributed by atoms with Crippen molar-refractivity contribution in [2.24, 2.45) is 0 Å². The van der Waals surface area contributed by atoms with E-state index in [4.69, 9.17) is 23.7 Å². The van der Waals surface area contributed by atoms with Crippen LogP contribution in [0.3, 0.4) is 0 Å². The summed E-state index contributed by atoms with van der Waals surface area (Å²) < 4.78 is 59.6. The lowest BCUT2D eigenvalue weighted by Crippen LogP contribution is -2.43. The fourth-order valence-electron chi connectivity index (χ4n) is 8.05. The number of fused-ring (bicyclic) bond motifs is 2. The Morgan fingerprint density at radius 2 is 1.93 bits per heavy atom. The van der Waals surface area contributed by atoms with Crippen molar-refractivity contribution >= 4 is 17.0 Å². The van der Waals surface area contributed by atoms with E-state index in [1.807, 2.05) is 33.8 Å². The first-order valence-electron chi connectivity index (χ1n) is 19.3. The number of H-pyrrole nitrogens is 1. The van der Waals surface area contributed by atoms with Crippen molar-refractivity contribution in [3.8, 4) is 23.0 Å². The summed E-state index contributed by atoms with van der Waals surface area (Å²) in [5.74, 6) is -0.242. The van der Waals surface area contributed by atoms with E-state index in [0.29, 0.717) is 50.4 Å². The highest BCUT2D eigenvalue weighted by Gasteiger charge is 2.49. The quantitative estimate of drug-likeness (QED) is 0.137. The maximum atomic E-state index is 16.6. The average Bonchev–Trinajstić information content (AvgIpc) is 3.53. The number of hydrogen-bond acceptors (Lipinski definition) is 10. The molecule has 2 aromatic heterocycles. The van der Waals surface area contributed by atoms with Crippen LogP contribution in [0, 0.1) is 12.7 Å². The number of carbonyl (C=O) groups excluding carboxylic acids is 1. The third-order valence-corrected chi connectivity index (χ3v) is 10.7. The lowest BCUT2D eigenvalue weighted by molar-refractivity contribution is 0.000423. The summed E-state index contributed by atoms with van der Waals surface area (Å²) in [7, 11) is 1.53. The first kappa shape index (κ1) is 39.8. The fraction of sp³-hybridized carbons (Fsp3) is 0.650. The number of nitrogens with zero attached hydrogens (tertiary/aromatic N) is 4. The van der Waals surface area contributed by atoms with Gasteiger partial charge in [-0.3, -0.25) is 19.7 Å². The van der Waals surface area contributed by atoms with Gasteiger partial charge in [-0.2, -0.15) is 4.98 Å². The molecule has 3 aromatic rings. The van der Waals surface area contributed by atoms with Crippen LogP contribution in [0.4, 0.5) is 13.6 Å². The fourth-order valence-corrected chi connectivity index (χ4v) is 8.05. The number of unbranched alkanes of at least 4 members (excludes halogenated alkanes) is 2. The highest BCUT2D eigenvalue weighted by Crippen LogP contribution is 2.40. The van der Waals surface area contributed by atoms with E-state index >= 15 is 4.39 Å². The van der Waals surface area contributed by atoms with E-state index in [0.717, 1.165) is 69.0 Å². The van der Waals surface area contributed by atoms with Gasteiger partial charge < -0.3 is 28.6 Å². The minimum atomic E-state index is -0.928. The number of aryl methyl sites for hydroxylation is 1. The third-order valence-electron chi connectivity index (χ3n) is 10.7. The van der Waals surface area contributed by atoms with Crippen molar-refractivity contribution in [3.63, 3.8) is 0 Å². The molecule has 3 atom stereocenters. The zero-order chi connectivity index (χ0) is 38.5. The number of amides is 1. The number of methoxy groups -OCH3 is 1. The maximum Gasteiger partial charge on any atom is 0.410 e. The lowest BCUT2D eigenvalue weighted by atomic mass is 9.93. The van der Waals surface area contributed by atoms with E-state index in [1.165, 1.54) is 13.3 Å². The molecule has 1 unspecified atom stereocenters. The number of carbonyl (C=O) groups is 1. The Balaban J connectivity index is 1.14. The monoisotopic (exact) mass is 755 g/mol. The van der Waals surface area contributed by atoms with Gasteiger partial charge in [-0.15, -0.1) is 0 Å². The molecule has 3 fully saturated rings. The molecule has 0 aliphatic carbocycles. The molecule has 0 spiro atoms. The van der Waals surface area contributed by atoms with E-state index < -0.39 is 28.7 Å². The Hall–Kier alpha value is -3.88. The molecule has 14 heteroatoms. The Morgan fingerprint density at radius 3 is 2.72 bits per heavy atom. The Kier molecular flexibility index (Phi) is 12.7. The Morgan fingerprint density at radius 1 is 1.09 bits per heavy atom. The number of alkyl halides is 1. The van der Waals surface area contributed by atoms with Crippen molar-refractivity contribution < 1.29 is 37.3 Å². The zero-order valence-corrected chi connectivity index (χ0v) is 32.3. The van der Waals surface area contributed by atoms with E-state index in [2.05, 4.69) is 19.9 Å². The molecule has 54 heavy (non-hydrogen) atoms. The molecule has 3 aliphatic heterocycles. The lowest BCUT2D eigenvalue weighted by Gasteiger charge is -2.30. The molecule has 5 heterocycles. The molecule has 296 valence electrons. The van der Waals surface area contributed by atoms with Gasteiger partial charge in [0.1, 0.15) is 35.3 Å². The van der Waals surface area contributed by atoms with Crippen LogP contribution in [-0.4, -0.2) is 108 Å². The number of nitrogens with one attached hydrogen (secondary N) is 1. The average molecular weight is 756 g/mol. The van der Waals surface area contributed by atoms with E-state index in [9.17, 15) is 14.0 Å². The molecular formula is C40H55F2N5O7. The summed E-state index contributed by atoms with van der Waals surface area (Å²) in [6, 6.07) is 3.54. The number of ether oxygens (including phenoxy) is 5. The second-order valence-corrected chi connectivity index (χ2v) is 16.0. The summed E-state index contributed by atoms with van der Waals surface area (Å²) in [4.78, 5) is 41.1. The molecule has 0 bridgehead atoms. The minimum absolute atomic E-state index is 0.00175. The first-order chi connectivity index (χ1) is 25.9. The number of likely N-dealkylation sites (tertiary alicyclic amines) is 1. The van der Waals surface area contributed by atoms with Gasteiger partial charge in [0.15, 0.2) is 12.6 Å². The van der Waals surface area contributed by atoms with Crippen LogP contribution in [0.1, 0.15) is 89.7 Å². The van der Waals surface area contributed by atoms with Gasteiger partial charge in [-0.05, 0) is 109 Å². The van der Waals surface area contributed by atoms with Gasteiger partial charge in [-0.1, -0.05) is 6.42 Å². The third kappa shape index (κ3) is 9.49. The van der Waals surface area contributed by atoms with Gasteiger partial charge in [0, 0.05) is 45.0 Å². The van der Waals surface area contributed by atoms with Crippen LogP contribution >= 0.6 is 0 Å². The number of hydrogen-bond donors (Lipinski definition) is 1. The van der Waals surface area contributed by atoms with Crippen molar-refractivity contribution in [2.45, 2.75) is 115 Å². The molecular weight excluding hydrogens is 700 g/mol. The molecule has 1 N–H and O–H groups in total. The van der Waals surface area contributed by atoms with Crippen LogP contribution < -0.4 is 15.0 Å². The second-order valence-electron chi connectivity index (χ2n) is 16.0. The van der Waals surface area contributed by atoms with Gasteiger partial charge in [0.25, 0.3) is 11.6 Å². The van der Waals surface area contributed by atoms with Gasteiger partial charge in [0.05, 0.1) is 23.6 Å². The molecule has 1 amide bonds. The normalized spacial score (nSPS) is 22.0. The highest BCUT2D eigenvalue weighted by molar-refractivity contribution is 5.83. The molecule has 6 rings (SSSR count). The van der Waals surface area contributed by atoms with Gasteiger partial charge >= 0.3 is 6.09 Å². The Bertz CT molecular complexity index is 1830. The van der Waals surface area contributed by atoms with E-state index in [1.54, 1.807) is 11.0 Å². The number of pyridine rings is 1. The predicted octanol–water partition coefficient (Wildman–Crippen LogP) is 6.89. The minimum Gasteiger partial charge on any atom is -0.468 e. The zero-order valence-electron chi connectivity index (χ0n) is 32.3. The molecule has 1 aromatic carbocycles. The molecule has 3 saturated heterocycles. The van der Waals surface area contributed by atoms with Crippen LogP contribution in [0.5, 0.6) is 11.8 Å². The number of aromatic nitrogens is 3. The van der Waals surface area contributed by atoms with Gasteiger partial charge in [-0.25, -0.2) is 13.6 Å². The highest BCUT2D eigenvalue weighted by atomic mass is 19.1. The number of halogens is 2. The molecule has 0 saturated carbocycles. The standard InChI is InChI=1S/C40H55F2N5O7/c1-26-18-29(53-25-50-5)19-31(30(26)13-7-6-10-17-51-28-12-8-9-15-46(23-28)38(49)54-39(2,3)4)34-33(42)35-32(21-43-34)36(48)45-37(44-35)52-24-40-14-11-16-47(40)22-27(41)20-40/h18-19,21,27-28H,6-17,20,22-25H2,1-5H3,(H,44,45,48)/t27-,28?,40+/m1/s1. The van der Waals surface area contributed by atoms with Crippen molar-refractivity contribution in [2.75, 3.05) is 53.3 Å². The van der Waals surface area contributed by atoms with Crippen LogP contribution in [0.15, 0.2) is 23.1 Å². The van der Waals surface area contributed by atoms with Crippen molar-refractivity contribution in [1.29, 1.82) is 0 Å². The molecule has 12 nitrogen and oxygen atoms in total. The topological polar surface area (TPSA) is 128 Å². The van der Waals surface area contributed by atoms with Crippen LogP contribution in [0.2, 0.25) is 0 Å². The summed E-state index contributed by atoms with van der Waals surface area (Å²) in [5, 5.41) is 0.00175. The first-order valence-corrected chi connectivity index (χ1v) is 19.3. The SMILES string of the molecule is COCOc1cc(C)c(CCCCCOC2CCCCN(C(=O)OC(C)(C)C)C2)c(-c2ncc3c(=O)[nH]c(OC[C@@]45CCCN4C[C@H](F)C5)nc3c2F)c1. The van der Waals surface area contributed by atoms with Crippen LogP contribution in [0.25, 0.3) is 22.2 Å². The van der Waals surface area contributed by atoms with Crippen molar-refractivity contribution in [3.05, 3.63) is 45.6 Å². The number of benzene rings is 1. The van der Waals surface area contributed by atoms with E-state index in [-0.39, 0.29) is 48.2 Å². The second kappa shape index (κ2) is 17.3. The summed E-state index contributed by atoms with van der Waals surface area (Å²) in [5.41, 5.74) is 0.694. The summed E-state index contributed by atoms with van der Waals surface area (Å²) >= 11 is 0. The molecule has 0 radical (unpaired) electrons.